The molecule has 8 heteroatoms. The van der Waals surface area contributed by atoms with Crippen LogP contribution in [-0.4, -0.2) is 46.7 Å². The molecule has 140 valence electrons. The molecule has 1 amide bonds. The van der Waals surface area contributed by atoms with Crippen LogP contribution in [-0.2, 0) is 17.0 Å². The van der Waals surface area contributed by atoms with Crippen molar-refractivity contribution in [3.8, 4) is 0 Å². The van der Waals surface area contributed by atoms with Gasteiger partial charge in [-0.3, -0.25) is 4.79 Å². The number of hydrogen-bond acceptors (Lipinski definition) is 7. The van der Waals surface area contributed by atoms with Crippen LogP contribution in [0.5, 0.6) is 0 Å². The maximum absolute atomic E-state index is 12.1. The zero-order valence-corrected chi connectivity index (χ0v) is 16.3. The van der Waals surface area contributed by atoms with E-state index in [1.807, 2.05) is 39.2 Å². The molecule has 7 nitrogen and oxygen atoms in total. The predicted molar refractivity (Wildman–Crippen MR) is 107 cm³/mol. The molecule has 3 N–H and O–H groups in total. The fraction of sp³-hybridized carbons (Fsp3) is 0.444. The van der Waals surface area contributed by atoms with Crippen molar-refractivity contribution in [1.82, 2.24) is 20.3 Å². The second-order valence-electron chi connectivity index (χ2n) is 6.29. The summed E-state index contributed by atoms with van der Waals surface area (Å²) in [5, 5.41) is 3.03. The Hall–Kier alpha value is -2.35. The Balaban J connectivity index is 1.71. The largest absolute Gasteiger partial charge is 0.368 e. The summed E-state index contributed by atoms with van der Waals surface area (Å²) in [6.45, 7) is 2.03. The molecule has 0 spiro atoms. The van der Waals surface area contributed by atoms with Gasteiger partial charge in [-0.1, -0.05) is 30.3 Å². The summed E-state index contributed by atoms with van der Waals surface area (Å²) in [5.74, 6) is 2.18. The maximum Gasteiger partial charge on any atom is 0.230 e. The molecule has 0 saturated carbocycles. The van der Waals surface area contributed by atoms with E-state index in [0.717, 1.165) is 12.8 Å². The van der Waals surface area contributed by atoms with E-state index >= 15 is 0 Å². The van der Waals surface area contributed by atoms with Crippen molar-refractivity contribution >= 4 is 29.6 Å². The third-order valence-electron chi connectivity index (χ3n) is 3.67. The summed E-state index contributed by atoms with van der Waals surface area (Å²) in [4.78, 5) is 26.3. The Morgan fingerprint density at radius 2 is 1.96 bits per heavy atom. The Kier molecular flexibility index (Phi) is 7.65. The van der Waals surface area contributed by atoms with E-state index in [1.165, 1.54) is 17.3 Å². The zero-order chi connectivity index (χ0) is 18.9. The van der Waals surface area contributed by atoms with E-state index in [9.17, 15) is 4.79 Å². The minimum atomic E-state index is 0.0189. The summed E-state index contributed by atoms with van der Waals surface area (Å²) in [5.41, 5.74) is 6.98. The highest BCUT2D eigenvalue weighted by Crippen LogP contribution is 2.12. The van der Waals surface area contributed by atoms with Crippen LogP contribution >= 0.6 is 11.8 Å². The summed E-state index contributed by atoms with van der Waals surface area (Å²) in [6, 6.07) is 10.4. The van der Waals surface area contributed by atoms with Gasteiger partial charge in [-0.15, -0.1) is 11.8 Å². The molecule has 0 fully saturated rings. The van der Waals surface area contributed by atoms with E-state index in [1.54, 1.807) is 4.90 Å². The number of carbonyl (C=O) groups is 1. The van der Waals surface area contributed by atoms with Crippen LogP contribution in [0.4, 0.5) is 11.9 Å². The molecule has 0 unspecified atom stereocenters. The number of nitrogens with zero attached hydrogens (tertiary/aromatic N) is 4. The zero-order valence-electron chi connectivity index (χ0n) is 15.5. The van der Waals surface area contributed by atoms with Crippen LogP contribution in [0.2, 0.25) is 0 Å². The van der Waals surface area contributed by atoms with E-state index in [4.69, 9.17) is 5.73 Å². The number of benzene rings is 1. The van der Waals surface area contributed by atoms with Gasteiger partial charge in [-0.05, 0) is 25.3 Å². The third kappa shape index (κ3) is 6.87. The lowest BCUT2D eigenvalue weighted by Crippen LogP contribution is -2.34. The smallest absolute Gasteiger partial charge is 0.230 e. The highest BCUT2D eigenvalue weighted by molar-refractivity contribution is 7.99. The first-order valence-corrected chi connectivity index (χ1v) is 9.68. The Bertz CT molecular complexity index is 710. The number of amides is 1. The van der Waals surface area contributed by atoms with Crippen LogP contribution in [0.25, 0.3) is 0 Å². The summed E-state index contributed by atoms with van der Waals surface area (Å²) in [7, 11) is 3.69. The quantitative estimate of drug-likeness (QED) is 0.692. The topological polar surface area (TPSA) is 97.0 Å². The van der Waals surface area contributed by atoms with Crippen LogP contribution in [0.3, 0.4) is 0 Å². The highest BCUT2D eigenvalue weighted by Gasteiger charge is 2.10. The lowest BCUT2D eigenvalue weighted by Gasteiger charge is -2.14. The molecule has 26 heavy (non-hydrogen) atoms. The SMILES string of the molecule is C[C@H](CCc1ccccc1)NC(=O)CSCc1nc(N)nc(N(C)C)n1. The molecular formula is C18H26N6OS. The predicted octanol–water partition coefficient (Wildman–Crippen LogP) is 1.89. The number of nitrogen functional groups attached to an aromatic ring is 1. The van der Waals surface area contributed by atoms with Crippen LogP contribution < -0.4 is 16.0 Å². The first-order chi connectivity index (χ1) is 12.4. The molecule has 2 rings (SSSR count). The average molecular weight is 375 g/mol. The molecule has 1 atom stereocenters. The van der Waals surface area contributed by atoms with Gasteiger partial charge < -0.3 is 16.0 Å². The molecule has 0 bridgehead atoms. The Morgan fingerprint density at radius 3 is 2.65 bits per heavy atom. The van der Waals surface area contributed by atoms with Gasteiger partial charge in [0.25, 0.3) is 0 Å². The molecule has 0 aliphatic rings. The van der Waals surface area contributed by atoms with Crippen LogP contribution in [0, 0.1) is 0 Å². The molecule has 1 aromatic heterocycles. The van der Waals surface area contributed by atoms with Gasteiger partial charge in [-0.25, -0.2) is 0 Å². The van der Waals surface area contributed by atoms with Gasteiger partial charge in [0.05, 0.1) is 11.5 Å². The van der Waals surface area contributed by atoms with Crippen molar-refractivity contribution in [1.29, 1.82) is 0 Å². The minimum absolute atomic E-state index is 0.0189. The maximum atomic E-state index is 12.1. The number of anilines is 2. The van der Waals surface area contributed by atoms with Crippen molar-refractivity contribution in [3.05, 3.63) is 41.7 Å². The number of aryl methyl sites for hydroxylation is 1. The fourth-order valence-corrected chi connectivity index (χ4v) is 3.02. The van der Waals surface area contributed by atoms with E-state index in [0.29, 0.717) is 23.3 Å². The van der Waals surface area contributed by atoms with Crippen molar-refractivity contribution in [2.45, 2.75) is 31.6 Å². The molecule has 0 radical (unpaired) electrons. The number of carbonyl (C=O) groups excluding carboxylic acids is 1. The van der Waals surface area contributed by atoms with Gasteiger partial charge >= 0.3 is 0 Å². The minimum Gasteiger partial charge on any atom is -0.368 e. The first-order valence-electron chi connectivity index (χ1n) is 8.53. The van der Waals surface area contributed by atoms with Gasteiger partial charge in [0.2, 0.25) is 17.8 Å². The highest BCUT2D eigenvalue weighted by atomic mass is 32.2. The standard InChI is InChI=1S/C18H26N6OS/c1-13(9-10-14-7-5-4-6-8-14)20-16(25)12-26-11-15-21-17(19)23-18(22-15)24(2)3/h4-8,13H,9-12H2,1-3H3,(H,20,25)(H2,19,21,22,23)/t13-/m1/s1. The van der Waals surface area contributed by atoms with Crippen molar-refractivity contribution in [3.63, 3.8) is 0 Å². The number of nitrogens with two attached hydrogens (primary N) is 1. The lowest BCUT2D eigenvalue weighted by atomic mass is 10.1. The Morgan fingerprint density at radius 1 is 1.23 bits per heavy atom. The van der Waals surface area contributed by atoms with Gasteiger partial charge in [0.15, 0.2) is 0 Å². The third-order valence-corrected chi connectivity index (χ3v) is 4.60. The molecule has 0 aliphatic heterocycles. The number of thioether (sulfide) groups is 1. The molecule has 0 saturated heterocycles. The fourth-order valence-electron chi connectivity index (χ4n) is 2.34. The number of aromatic nitrogens is 3. The molecule has 2 aromatic rings. The lowest BCUT2D eigenvalue weighted by molar-refractivity contribution is -0.119. The second-order valence-corrected chi connectivity index (χ2v) is 7.28. The Labute approximate surface area is 158 Å². The molecule has 1 aromatic carbocycles. The average Bonchev–Trinajstić information content (AvgIpc) is 2.60. The molecule has 1 heterocycles. The number of hydrogen-bond donors (Lipinski definition) is 2. The van der Waals surface area contributed by atoms with Gasteiger partial charge in [0, 0.05) is 20.1 Å². The monoisotopic (exact) mass is 374 g/mol. The van der Waals surface area contributed by atoms with Crippen molar-refractivity contribution < 1.29 is 4.79 Å². The normalized spacial score (nSPS) is 11.8. The van der Waals surface area contributed by atoms with Crippen molar-refractivity contribution in [2.24, 2.45) is 0 Å². The van der Waals surface area contributed by atoms with Gasteiger partial charge in [0.1, 0.15) is 5.82 Å². The van der Waals surface area contributed by atoms with Gasteiger partial charge in [-0.2, -0.15) is 15.0 Å². The van der Waals surface area contributed by atoms with Crippen molar-refractivity contribution in [2.75, 3.05) is 30.5 Å². The second kappa shape index (κ2) is 9.96. The summed E-state index contributed by atoms with van der Waals surface area (Å²) < 4.78 is 0. The number of rotatable bonds is 9. The van der Waals surface area contributed by atoms with Crippen LogP contribution in [0.15, 0.2) is 30.3 Å². The van der Waals surface area contributed by atoms with E-state index in [-0.39, 0.29) is 17.9 Å². The molecule has 0 aliphatic carbocycles. The van der Waals surface area contributed by atoms with E-state index < -0.39 is 0 Å². The molecular weight excluding hydrogens is 348 g/mol. The summed E-state index contributed by atoms with van der Waals surface area (Å²) in [6.07, 6.45) is 1.86. The first kappa shape index (κ1) is 20.0. The van der Waals surface area contributed by atoms with Crippen LogP contribution in [0.1, 0.15) is 24.7 Å². The number of nitrogens with one attached hydrogen (secondary N) is 1. The summed E-state index contributed by atoms with van der Waals surface area (Å²) >= 11 is 1.46. The van der Waals surface area contributed by atoms with E-state index in [2.05, 4.69) is 32.4 Å².